The molecule has 2 N–H and O–H groups in total. The predicted octanol–water partition coefficient (Wildman–Crippen LogP) is 4.26. The van der Waals surface area contributed by atoms with Crippen molar-refractivity contribution in [1.29, 1.82) is 0 Å². The Hall–Kier alpha value is -1.06. The first-order valence-corrected chi connectivity index (χ1v) is 7.87. The van der Waals surface area contributed by atoms with E-state index in [-0.39, 0.29) is 0 Å². The molecule has 0 radical (unpaired) electrons. The molecule has 1 aromatic heterocycles. The molecule has 108 valence electrons. The quantitative estimate of drug-likeness (QED) is 0.898. The fourth-order valence-electron chi connectivity index (χ4n) is 3.30. The second kappa shape index (κ2) is 5.38. The fourth-order valence-corrected chi connectivity index (χ4v) is 3.46. The number of fused-ring (bicyclic) bond motifs is 1. The van der Waals surface area contributed by atoms with Gasteiger partial charge in [-0.25, -0.2) is 4.98 Å². The van der Waals surface area contributed by atoms with E-state index in [1.165, 1.54) is 11.3 Å². The van der Waals surface area contributed by atoms with Gasteiger partial charge >= 0.3 is 0 Å². The monoisotopic (exact) mass is 291 g/mol. The summed E-state index contributed by atoms with van der Waals surface area (Å²) >= 11 is 6.10. The van der Waals surface area contributed by atoms with E-state index in [0.29, 0.717) is 18.0 Å². The predicted molar refractivity (Wildman–Crippen MR) is 84.3 cm³/mol. The molecule has 0 aliphatic heterocycles. The Morgan fingerprint density at radius 1 is 1.25 bits per heavy atom. The van der Waals surface area contributed by atoms with Crippen molar-refractivity contribution in [2.75, 3.05) is 0 Å². The maximum atomic E-state index is 6.10. The molecule has 2 aromatic rings. The molecule has 0 spiro atoms. The summed E-state index contributed by atoms with van der Waals surface area (Å²) < 4.78 is 2.37. The molecule has 1 aliphatic carbocycles. The average Bonchev–Trinajstić information content (AvgIpc) is 2.77. The van der Waals surface area contributed by atoms with Crippen molar-refractivity contribution >= 4 is 22.6 Å². The van der Waals surface area contributed by atoms with Crippen LogP contribution in [0.4, 0.5) is 0 Å². The number of aromatic nitrogens is 2. The Morgan fingerprint density at radius 2 is 1.95 bits per heavy atom. The number of imidazole rings is 1. The van der Waals surface area contributed by atoms with Crippen molar-refractivity contribution in [2.45, 2.75) is 57.5 Å². The Morgan fingerprint density at radius 3 is 2.60 bits per heavy atom. The molecule has 0 atom stereocenters. The van der Waals surface area contributed by atoms with Gasteiger partial charge < -0.3 is 10.3 Å². The molecule has 0 bridgehead atoms. The Balaban J connectivity index is 2.07. The van der Waals surface area contributed by atoms with E-state index in [2.05, 4.69) is 24.5 Å². The minimum absolute atomic E-state index is 0.373. The first-order chi connectivity index (χ1) is 9.56. The molecule has 3 nitrogen and oxygen atoms in total. The first-order valence-electron chi connectivity index (χ1n) is 7.49. The van der Waals surface area contributed by atoms with Crippen LogP contribution in [-0.4, -0.2) is 15.6 Å². The minimum Gasteiger partial charge on any atom is -0.328 e. The van der Waals surface area contributed by atoms with Crippen LogP contribution in [0.3, 0.4) is 0 Å². The zero-order valence-corrected chi connectivity index (χ0v) is 12.9. The van der Waals surface area contributed by atoms with Gasteiger partial charge in [-0.3, -0.25) is 0 Å². The molecule has 0 saturated heterocycles. The van der Waals surface area contributed by atoms with Crippen molar-refractivity contribution in [2.24, 2.45) is 5.73 Å². The lowest BCUT2D eigenvalue weighted by molar-refractivity contribution is 0.372. The van der Waals surface area contributed by atoms with Crippen LogP contribution in [0.1, 0.15) is 57.3 Å². The van der Waals surface area contributed by atoms with Gasteiger partial charge in [-0.2, -0.15) is 0 Å². The summed E-state index contributed by atoms with van der Waals surface area (Å²) in [4.78, 5) is 4.88. The molecule has 20 heavy (non-hydrogen) atoms. The highest BCUT2D eigenvalue weighted by Gasteiger charge is 2.26. The van der Waals surface area contributed by atoms with Gasteiger partial charge in [0.2, 0.25) is 0 Å². The SMILES string of the molecule is CC(C)n1c(C2CCC(N)CC2)nc2cc(Cl)ccc21. The van der Waals surface area contributed by atoms with Crippen LogP contribution in [0.15, 0.2) is 18.2 Å². The van der Waals surface area contributed by atoms with E-state index in [1.807, 2.05) is 12.1 Å². The van der Waals surface area contributed by atoms with Crippen molar-refractivity contribution in [3.63, 3.8) is 0 Å². The number of rotatable bonds is 2. The van der Waals surface area contributed by atoms with Crippen molar-refractivity contribution in [1.82, 2.24) is 9.55 Å². The molecular weight excluding hydrogens is 270 g/mol. The summed E-state index contributed by atoms with van der Waals surface area (Å²) in [5.74, 6) is 1.74. The lowest BCUT2D eigenvalue weighted by Crippen LogP contribution is -2.27. The molecule has 1 aromatic carbocycles. The van der Waals surface area contributed by atoms with E-state index in [1.54, 1.807) is 0 Å². The summed E-state index contributed by atoms with van der Waals surface area (Å²) in [5.41, 5.74) is 8.22. The lowest BCUT2D eigenvalue weighted by atomic mass is 9.86. The molecule has 1 heterocycles. The first kappa shape index (κ1) is 13.9. The van der Waals surface area contributed by atoms with Crippen molar-refractivity contribution in [3.05, 3.63) is 29.0 Å². The van der Waals surface area contributed by atoms with Gasteiger partial charge in [0.15, 0.2) is 0 Å². The van der Waals surface area contributed by atoms with E-state index in [4.69, 9.17) is 22.3 Å². The van der Waals surface area contributed by atoms with Crippen LogP contribution in [0.5, 0.6) is 0 Å². The van der Waals surface area contributed by atoms with Gasteiger partial charge in [0, 0.05) is 23.0 Å². The largest absolute Gasteiger partial charge is 0.328 e. The summed E-state index contributed by atoms with van der Waals surface area (Å²) in [6.07, 6.45) is 4.50. The number of nitrogens with zero attached hydrogens (tertiary/aromatic N) is 2. The standard InChI is InChI=1S/C16H22ClN3/c1-10(2)20-15-8-5-12(17)9-14(15)19-16(20)11-3-6-13(18)7-4-11/h5,8-11,13H,3-4,6-7,18H2,1-2H3. The van der Waals surface area contributed by atoms with Crippen molar-refractivity contribution < 1.29 is 0 Å². The molecule has 1 aliphatic rings. The lowest BCUT2D eigenvalue weighted by Gasteiger charge is -2.27. The van der Waals surface area contributed by atoms with Gasteiger partial charge in [0.1, 0.15) is 5.82 Å². The third-order valence-corrected chi connectivity index (χ3v) is 4.57. The maximum absolute atomic E-state index is 6.10. The number of nitrogens with two attached hydrogens (primary N) is 1. The smallest absolute Gasteiger partial charge is 0.113 e. The summed E-state index contributed by atoms with van der Waals surface area (Å²) in [6, 6.07) is 6.78. The zero-order chi connectivity index (χ0) is 14.3. The third-order valence-electron chi connectivity index (χ3n) is 4.33. The molecule has 0 unspecified atom stereocenters. The van der Waals surface area contributed by atoms with Crippen LogP contribution >= 0.6 is 11.6 Å². The van der Waals surface area contributed by atoms with Crippen molar-refractivity contribution in [3.8, 4) is 0 Å². The van der Waals surface area contributed by atoms with Crippen LogP contribution in [-0.2, 0) is 0 Å². The average molecular weight is 292 g/mol. The fraction of sp³-hybridized carbons (Fsp3) is 0.562. The van der Waals surface area contributed by atoms with Gasteiger partial charge in [-0.05, 0) is 57.7 Å². The Bertz CT molecular complexity index is 609. The molecule has 3 rings (SSSR count). The molecule has 0 amide bonds. The van der Waals surface area contributed by atoms with E-state index < -0.39 is 0 Å². The minimum atomic E-state index is 0.373. The van der Waals surface area contributed by atoms with E-state index >= 15 is 0 Å². The van der Waals surface area contributed by atoms with Crippen LogP contribution < -0.4 is 5.73 Å². The summed E-state index contributed by atoms with van der Waals surface area (Å²) in [5, 5.41) is 0.753. The van der Waals surface area contributed by atoms with Gasteiger partial charge in [-0.1, -0.05) is 11.6 Å². The summed E-state index contributed by atoms with van der Waals surface area (Å²) in [6.45, 7) is 4.43. The van der Waals surface area contributed by atoms with Crippen LogP contribution in [0, 0.1) is 0 Å². The maximum Gasteiger partial charge on any atom is 0.113 e. The van der Waals surface area contributed by atoms with Gasteiger partial charge in [-0.15, -0.1) is 0 Å². The molecule has 1 saturated carbocycles. The third kappa shape index (κ3) is 2.45. The molecule has 4 heteroatoms. The summed E-state index contributed by atoms with van der Waals surface area (Å²) in [7, 11) is 0. The Labute approximate surface area is 125 Å². The van der Waals surface area contributed by atoms with Crippen LogP contribution in [0.2, 0.25) is 5.02 Å². The van der Waals surface area contributed by atoms with E-state index in [0.717, 1.165) is 36.2 Å². The molecular formula is C16H22ClN3. The number of hydrogen-bond donors (Lipinski definition) is 1. The topological polar surface area (TPSA) is 43.8 Å². The van der Waals surface area contributed by atoms with Gasteiger partial charge in [0.25, 0.3) is 0 Å². The highest BCUT2D eigenvalue weighted by Crippen LogP contribution is 2.35. The number of benzene rings is 1. The highest BCUT2D eigenvalue weighted by atomic mass is 35.5. The normalized spacial score (nSPS) is 23.6. The zero-order valence-electron chi connectivity index (χ0n) is 12.1. The Kier molecular flexibility index (Phi) is 3.74. The number of hydrogen-bond acceptors (Lipinski definition) is 2. The highest BCUT2D eigenvalue weighted by molar-refractivity contribution is 6.31. The van der Waals surface area contributed by atoms with Gasteiger partial charge in [0.05, 0.1) is 11.0 Å². The van der Waals surface area contributed by atoms with Crippen LogP contribution in [0.25, 0.3) is 11.0 Å². The second-order valence-corrected chi connectivity index (χ2v) is 6.61. The number of halogens is 1. The second-order valence-electron chi connectivity index (χ2n) is 6.18. The van der Waals surface area contributed by atoms with E-state index in [9.17, 15) is 0 Å². The molecule has 1 fully saturated rings.